The van der Waals surface area contributed by atoms with Gasteiger partial charge in [-0.15, -0.1) is 0 Å². The summed E-state index contributed by atoms with van der Waals surface area (Å²) < 4.78 is 4.84. The van der Waals surface area contributed by atoms with E-state index in [2.05, 4.69) is 10.1 Å². The summed E-state index contributed by atoms with van der Waals surface area (Å²) in [6.07, 6.45) is 3.66. The molecule has 0 saturated heterocycles. The Labute approximate surface area is 111 Å². The first kappa shape index (κ1) is 14.9. The lowest BCUT2D eigenvalue weighted by Gasteiger charge is -2.22. The molecule has 0 unspecified atom stereocenters. The molecule has 0 spiro atoms. The summed E-state index contributed by atoms with van der Waals surface area (Å²) >= 11 is 0. The van der Waals surface area contributed by atoms with Crippen LogP contribution in [0.3, 0.4) is 0 Å². The van der Waals surface area contributed by atoms with Crippen LogP contribution in [0.15, 0.2) is 29.7 Å². The van der Waals surface area contributed by atoms with Crippen LogP contribution >= 0.6 is 0 Å². The van der Waals surface area contributed by atoms with Crippen LogP contribution in [0.2, 0.25) is 0 Å². The molecule has 0 fully saturated rings. The summed E-state index contributed by atoms with van der Waals surface area (Å²) in [6, 6.07) is 3.68. The van der Waals surface area contributed by atoms with Crippen molar-refractivity contribution >= 4 is 11.7 Å². The minimum absolute atomic E-state index is 0.00354. The number of carbonyl (C=O) groups is 1. The third-order valence-electron chi connectivity index (χ3n) is 2.48. The van der Waals surface area contributed by atoms with Gasteiger partial charge in [-0.05, 0) is 11.6 Å². The average Bonchev–Trinajstić information content (AvgIpc) is 2.44. The number of oxime groups is 1. The molecule has 0 aliphatic carbocycles. The maximum atomic E-state index is 11.9. The minimum atomic E-state index is -0.155. The van der Waals surface area contributed by atoms with Crippen molar-refractivity contribution < 1.29 is 14.7 Å². The predicted molar refractivity (Wildman–Crippen MR) is 69.6 cm³/mol. The zero-order valence-electron chi connectivity index (χ0n) is 10.8. The Hall–Kier alpha value is -2.15. The Morgan fingerprint density at radius 2 is 2.42 bits per heavy atom. The Kier molecular flexibility index (Phi) is 6.31. The molecule has 3 N–H and O–H groups in total. The van der Waals surface area contributed by atoms with E-state index in [0.717, 1.165) is 5.56 Å². The third-order valence-corrected chi connectivity index (χ3v) is 2.48. The second-order valence-corrected chi connectivity index (χ2v) is 3.95. The molecule has 0 aromatic carbocycles. The number of nitrogens with two attached hydrogens (primary N) is 1. The van der Waals surface area contributed by atoms with Crippen molar-refractivity contribution in [1.82, 2.24) is 9.88 Å². The number of methoxy groups -OCH3 is 1. The average molecular weight is 266 g/mol. The molecule has 1 aromatic rings. The van der Waals surface area contributed by atoms with E-state index in [1.165, 1.54) is 7.11 Å². The number of hydrogen-bond donors (Lipinski definition) is 2. The van der Waals surface area contributed by atoms with Crippen molar-refractivity contribution in [1.29, 1.82) is 0 Å². The van der Waals surface area contributed by atoms with Gasteiger partial charge in [-0.2, -0.15) is 0 Å². The molecule has 0 bridgehead atoms. The number of carbonyl (C=O) groups excluding carboxylic acids is 1. The van der Waals surface area contributed by atoms with E-state index in [1.54, 1.807) is 23.4 Å². The van der Waals surface area contributed by atoms with E-state index < -0.39 is 0 Å². The molecule has 0 atom stereocenters. The monoisotopic (exact) mass is 266 g/mol. The van der Waals surface area contributed by atoms with Crippen molar-refractivity contribution in [2.24, 2.45) is 10.9 Å². The van der Waals surface area contributed by atoms with Crippen molar-refractivity contribution in [3.05, 3.63) is 30.1 Å². The van der Waals surface area contributed by atoms with Crippen LogP contribution in [0.4, 0.5) is 0 Å². The molecule has 1 aromatic heterocycles. The summed E-state index contributed by atoms with van der Waals surface area (Å²) in [4.78, 5) is 17.5. The first-order valence-corrected chi connectivity index (χ1v) is 5.79. The third kappa shape index (κ3) is 5.35. The molecule has 7 heteroatoms. The molecule has 104 valence electrons. The first-order valence-electron chi connectivity index (χ1n) is 5.79. The van der Waals surface area contributed by atoms with E-state index in [4.69, 9.17) is 15.7 Å². The van der Waals surface area contributed by atoms with Gasteiger partial charge in [0.25, 0.3) is 0 Å². The summed E-state index contributed by atoms with van der Waals surface area (Å²) in [7, 11) is 1.46. The quantitative estimate of drug-likeness (QED) is 0.317. The molecule has 1 heterocycles. The number of pyridine rings is 1. The summed E-state index contributed by atoms with van der Waals surface area (Å²) in [6.45, 7) is 0.762. The number of ether oxygens (including phenoxy) is 1. The number of amidine groups is 1. The smallest absolute Gasteiger partial charge is 0.248 e. The minimum Gasteiger partial charge on any atom is -0.409 e. The van der Waals surface area contributed by atoms with Gasteiger partial charge in [0.15, 0.2) is 0 Å². The molecule has 0 saturated carbocycles. The van der Waals surface area contributed by atoms with E-state index >= 15 is 0 Å². The normalized spacial score (nSPS) is 11.3. The van der Waals surface area contributed by atoms with Gasteiger partial charge in [-0.25, -0.2) is 0 Å². The predicted octanol–water partition coefficient (Wildman–Crippen LogP) is 0.193. The SMILES string of the molecule is COCC(=O)N(CCC(N)=NO)Cc1cccnc1. The van der Waals surface area contributed by atoms with Crippen LogP contribution < -0.4 is 5.73 Å². The largest absolute Gasteiger partial charge is 0.409 e. The van der Waals surface area contributed by atoms with Crippen LogP contribution in [0.1, 0.15) is 12.0 Å². The Morgan fingerprint density at radius 1 is 1.63 bits per heavy atom. The Bertz CT molecular complexity index is 422. The molecule has 0 aliphatic rings. The van der Waals surface area contributed by atoms with Crippen molar-refractivity contribution in [3.63, 3.8) is 0 Å². The lowest BCUT2D eigenvalue weighted by molar-refractivity contribution is -0.135. The highest BCUT2D eigenvalue weighted by Gasteiger charge is 2.14. The van der Waals surface area contributed by atoms with Gasteiger partial charge in [0.05, 0.1) is 0 Å². The first-order chi connectivity index (χ1) is 9.17. The Morgan fingerprint density at radius 3 is 3.00 bits per heavy atom. The highest BCUT2D eigenvalue weighted by molar-refractivity contribution is 5.81. The van der Waals surface area contributed by atoms with Gasteiger partial charge in [0.2, 0.25) is 5.91 Å². The van der Waals surface area contributed by atoms with Crippen molar-refractivity contribution in [3.8, 4) is 0 Å². The fraction of sp³-hybridized carbons (Fsp3) is 0.417. The maximum Gasteiger partial charge on any atom is 0.248 e. The van der Waals surface area contributed by atoms with E-state index in [9.17, 15) is 4.79 Å². The molecule has 1 amide bonds. The summed E-state index contributed by atoms with van der Waals surface area (Å²) in [5.41, 5.74) is 6.32. The second kappa shape index (κ2) is 8.04. The molecule has 0 radical (unpaired) electrons. The zero-order valence-corrected chi connectivity index (χ0v) is 10.8. The second-order valence-electron chi connectivity index (χ2n) is 3.95. The van der Waals surface area contributed by atoms with E-state index in [-0.39, 0.29) is 18.3 Å². The van der Waals surface area contributed by atoms with Gasteiger partial charge in [0, 0.05) is 39.0 Å². The van der Waals surface area contributed by atoms with Crippen LogP contribution in [0.5, 0.6) is 0 Å². The maximum absolute atomic E-state index is 11.9. The van der Waals surface area contributed by atoms with Crippen LogP contribution in [-0.4, -0.2) is 47.1 Å². The van der Waals surface area contributed by atoms with Gasteiger partial charge in [0.1, 0.15) is 12.4 Å². The fourth-order valence-corrected chi connectivity index (χ4v) is 1.52. The topological polar surface area (TPSA) is 101 Å². The number of amides is 1. The van der Waals surface area contributed by atoms with Gasteiger partial charge >= 0.3 is 0 Å². The number of nitrogens with zero attached hydrogens (tertiary/aromatic N) is 3. The number of aromatic nitrogens is 1. The van der Waals surface area contributed by atoms with Crippen LogP contribution in [0.25, 0.3) is 0 Å². The van der Waals surface area contributed by atoms with Crippen molar-refractivity contribution in [2.45, 2.75) is 13.0 Å². The van der Waals surface area contributed by atoms with Crippen LogP contribution in [0, 0.1) is 0 Å². The molecule has 7 nitrogen and oxygen atoms in total. The van der Waals surface area contributed by atoms with Gasteiger partial charge in [-0.3, -0.25) is 9.78 Å². The Balaban J connectivity index is 2.66. The molecule has 0 aliphatic heterocycles. The standard InChI is InChI=1S/C12H18N4O3/c1-19-9-12(17)16(6-4-11(13)15-18)8-10-3-2-5-14-7-10/h2-3,5,7,18H,4,6,8-9H2,1H3,(H2,13,15). The highest BCUT2D eigenvalue weighted by atomic mass is 16.5. The summed E-state index contributed by atoms with van der Waals surface area (Å²) in [5, 5.41) is 11.4. The fourth-order valence-electron chi connectivity index (χ4n) is 1.52. The lowest BCUT2D eigenvalue weighted by Crippen LogP contribution is -2.36. The molecular weight excluding hydrogens is 248 g/mol. The van der Waals surface area contributed by atoms with E-state index in [1.807, 2.05) is 6.07 Å². The molecular formula is C12H18N4O3. The zero-order chi connectivity index (χ0) is 14.1. The van der Waals surface area contributed by atoms with Crippen molar-refractivity contribution in [2.75, 3.05) is 20.3 Å². The number of rotatable bonds is 7. The summed E-state index contributed by atoms with van der Waals surface area (Å²) in [5.74, 6) is -0.0708. The van der Waals surface area contributed by atoms with E-state index in [0.29, 0.717) is 19.5 Å². The van der Waals surface area contributed by atoms with Gasteiger partial charge < -0.3 is 20.6 Å². The lowest BCUT2D eigenvalue weighted by atomic mass is 10.2. The van der Waals surface area contributed by atoms with Gasteiger partial charge in [-0.1, -0.05) is 11.2 Å². The number of hydrogen-bond acceptors (Lipinski definition) is 5. The molecule has 1 rings (SSSR count). The van der Waals surface area contributed by atoms with Crippen LogP contribution in [-0.2, 0) is 16.1 Å². The highest BCUT2D eigenvalue weighted by Crippen LogP contribution is 2.04. The molecule has 19 heavy (non-hydrogen) atoms.